The van der Waals surface area contributed by atoms with Crippen molar-refractivity contribution in [1.82, 2.24) is 0 Å². The van der Waals surface area contributed by atoms with Gasteiger partial charge < -0.3 is 10.5 Å². The molecule has 0 spiro atoms. The fourth-order valence-electron chi connectivity index (χ4n) is 1.92. The molecule has 0 aliphatic carbocycles. The molecule has 0 radical (unpaired) electrons. The number of halogens is 2. The van der Waals surface area contributed by atoms with E-state index in [0.717, 1.165) is 17.2 Å². The van der Waals surface area contributed by atoms with Gasteiger partial charge in [0.1, 0.15) is 11.6 Å². The van der Waals surface area contributed by atoms with Crippen LogP contribution in [0.3, 0.4) is 0 Å². The summed E-state index contributed by atoms with van der Waals surface area (Å²) in [6.07, 6.45) is 0. The molecule has 0 amide bonds. The van der Waals surface area contributed by atoms with Crippen molar-refractivity contribution in [3.8, 4) is 17.6 Å². The van der Waals surface area contributed by atoms with E-state index in [4.69, 9.17) is 27.3 Å². The molecule has 0 aliphatic rings. The van der Waals surface area contributed by atoms with Crippen LogP contribution in [-0.4, -0.2) is 0 Å². The summed E-state index contributed by atoms with van der Waals surface area (Å²) in [5.41, 5.74) is 8.11. The van der Waals surface area contributed by atoms with E-state index in [1.807, 2.05) is 13.8 Å². The van der Waals surface area contributed by atoms with Crippen LogP contribution in [0, 0.1) is 31.0 Å². The van der Waals surface area contributed by atoms with Crippen molar-refractivity contribution in [2.75, 3.05) is 5.73 Å². The number of nitriles is 1. The average molecular weight is 291 g/mol. The van der Waals surface area contributed by atoms with Gasteiger partial charge in [-0.3, -0.25) is 0 Å². The minimum absolute atomic E-state index is 0.0527. The van der Waals surface area contributed by atoms with Crippen molar-refractivity contribution in [2.24, 2.45) is 0 Å². The summed E-state index contributed by atoms with van der Waals surface area (Å²) in [6.45, 7) is 3.62. The first-order valence-electron chi connectivity index (χ1n) is 5.86. The normalized spacial score (nSPS) is 10.2. The Morgan fingerprint density at radius 1 is 1.20 bits per heavy atom. The van der Waals surface area contributed by atoms with Gasteiger partial charge in [0.05, 0.1) is 22.3 Å². The van der Waals surface area contributed by atoms with Crippen molar-refractivity contribution < 1.29 is 9.13 Å². The Morgan fingerprint density at radius 2 is 1.80 bits per heavy atom. The van der Waals surface area contributed by atoms with Crippen LogP contribution >= 0.6 is 11.6 Å². The topological polar surface area (TPSA) is 59.0 Å². The third-order valence-electron chi connectivity index (χ3n) is 2.85. The fourth-order valence-corrected chi connectivity index (χ4v) is 2.09. The molecule has 0 bridgehead atoms. The van der Waals surface area contributed by atoms with Gasteiger partial charge in [0.2, 0.25) is 0 Å². The second kappa shape index (κ2) is 5.40. The molecule has 0 fully saturated rings. The van der Waals surface area contributed by atoms with Crippen LogP contribution in [-0.2, 0) is 0 Å². The van der Waals surface area contributed by atoms with E-state index < -0.39 is 5.82 Å². The Balaban J connectivity index is 2.46. The smallest absolute Gasteiger partial charge is 0.153 e. The molecule has 0 heterocycles. The molecular weight excluding hydrogens is 279 g/mol. The molecule has 0 saturated heterocycles. The van der Waals surface area contributed by atoms with Gasteiger partial charge in [0.25, 0.3) is 0 Å². The quantitative estimate of drug-likeness (QED) is 0.837. The first-order valence-corrected chi connectivity index (χ1v) is 6.24. The van der Waals surface area contributed by atoms with Crippen LogP contribution in [0.25, 0.3) is 0 Å². The van der Waals surface area contributed by atoms with Crippen molar-refractivity contribution in [1.29, 1.82) is 5.26 Å². The Labute approximate surface area is 121 Å². The lowest BCUT2D eigenvalue weighted by Gasteiger charge is -2.14. The van der Waals surface area contributed by atoms with Crippen LogP contribution < -0.4 is 10.5 Å². The second-order valence-corrected chi connectivity index (χ2v) is 4.86. The maximum absolute atomic E-state index is 13.5. The zero-order chi connectivity index (χ0) is 14.9. The number of benzene rings is 2. The zero-order valence-electron chi connectivity index (χ0n) is 11.0. The highest BCUT2D eigenvalue weighted by Gasteiger charge is 2.12. The molecule has 0 saturated carbocycles. The maximum Gasteiger partial charge on any atom is 0.153 e. The van der Waals surface area contributed by atoms with Gasteiger partial charge in [-0.2, -0.15) is 5.26 Å². The van der Waals surface area contributed by atoms with Gasteiger partial charge in [-0.15, -0.1) is 0 Å². The van der Waals surface area contributed by atoms with Crippen LogP contribution in [0.2, 0.25) is 5.02 Å². The summed E-state index contributed by atoms with van der Waals surface area (Å²) < 4.78 is 19.1. The van der Waals surface area contributed by atoms with Gasteiger partial charge in [0, 0.05) is 6.07 Å². The van der Waals surface area contributed by atoms with Gasteiger partial charge in [-0.05, 0) is 43.2 Å². The predicted octanol–water partition coefficient (Wildman–Crippen LogP) is 4.34. The zero-order valence-corrected chi connectivity index (χ0v) is 11.8. The number of rotatable bonds is 2. The molecule has 0 atom stereocenters. The number of hydrogen-bond donors (Lipinski definition) is 1. The highest BCUT2D eigenvalue weighted by Crippen LogP contribution is 2.35. The van der Waals surface area contributed by atoms with Gasteiger partial charge >= 0.3 is 0 Å². The fraction of sp³-hybridized carbons (Fsp3) is 0.133. The lowest BCUT2D eigenvalue weighted by atomic mass is 10.1. The number of ether oxygens (including phenoxy) is 1. The van der Waals surface area contributed by atoms with Crippen molar-refractivity contribution in [2.45, 2.75) is 13.8 Å². The summed E-state index contributed by atoms with van der Waals surface area (Å²) in [5, 5.41) is 8.85. The van der Waals surface area contributed by atoms with Gasteiger partial charge in [-0.25, -0.2) is 4.39 Å². The Morgan fingerprint density at radius 3 is 2.35 bits per heavy atom. The van der Waals surface area contributed by atoms with E-state index in [1.54, 1.807) is 12.1 Å². The lowest BCUT2D eigenvalue weighted by Crippen LogP contribution is -1.97. The molecule has 2 aromatic rings. The summed E-state index contributed by atoms with van der Waals surface area (Å²) in [7, 11) is 0. The Hall–Kier alpha value is -2.25. The standard InChI is InChI=1S/C15H12ClFN2O/c1-8-3-10(7-18)4-9(2)15(8)20-14-6-12(17)11(16)5-13(14)19/h3-6H,19H2,1-2H3. The molecule has 5 heteroatoms. The van der Waals surface area contributed by atoms with Crippen LogP contribution in [0.1, 0.15) is 16.7 Å². The summed E-state index contributed by atoms with van der Waals surface area (Å²) in [4.78, 5) is 0. The molecule has 2 aromatic carbocycles. The first kappa shape index (κ1) is 14.2. The molecule has 2 rings (SSSR count). The molecule has 20 heavy (non-hydrogen) atoms. The van der Waals surface area contributed by atoms with E-state index in [9.17, 15) is 4.39 Å². The number of nitrogen functional groups attached to an aromatic ring is 1. The minimum Gasteiger partial charge on any atom is -0.455 e. The molecular formula is C15H12ClFN2O. The van der Waals surface area contributed by atoms with E-state index in [-0.39, 0.29) is 16.5 Å². The minimum atomic E-state index is -0.597. The number of nitrogens with zero attached hydrogens (tertiary/aromatic N) is 1. The summed E-state index contributed by atoms with van der Waals surface area (Å²) in [6, 6.07) is 7.92. The van der Waals surface area contributed by atoms with Crippen LogP contribution in [0.5, 0.6) is 11.5 Å². The second-order valence-electron chi connectivity index (χ2n) is 4.46. The summed E-state index contributed by atoms with van der Waals surface area (Å²) >= 11 is 5.64. The molecule has 102 valence electrons. The van der Waals surface area contributed by atoms with E-state index in [0.29, 0.717) is 11.3 Å². The van der Waals surface area contributed by atoms with Crippen LogP contribution in [0.4, 0.5) is 10.1 Å². The number of nitrogens with two attached hydrogens (primary N) is 1. The number of aryl methyl sites for hydroxylation is 2. The third-order valence-corrected chi connectivity index (χ3v) is 3.14. The third kappa shape index (κ3) is 2.68. The summed E-state index contributed by atoms with van der Waals surface area (Å²) in [5.74, 6) is 0.153. The maximum atomic E-state index is 13.5. The first-order chi connectivity index (χ1) is 9.42. The Bertz CT molecular complexity index is 700. The molecule has 0 aliphatic heterocycles. The Kier molecular flexibility index (Phi) is 3.82. The van der Waals surface area contributed by atoms with Crippen molar-refractivity contribution in [3.63, 3.8) is 0 Å². The molecule has 3 nitrogen and oxygen atoms in total. The van der Waals surface area contributed by atoms with Crippen LogP contribution in [0.15, 0.2) is 24.3 Å². The number of anilines is 1. The molecule has 0 unspecified atom stereocenters. The lowest BCUT2D eigenvalue weighted by molar-refractivity contribution is 0.472. The number of hydrogen-bond acceptors (Lipinski definition) is 3. The average Bonchev–Trinajstić information content (AvgIpc) is 2.39. The van der Waals surface area contributed by atoms with Crippen molar-refractivity contribution >= 4 is 17.3 Å². The van der Waals surface area contributed by atoms with E-state index in [1.165, 1.54) is 6.07 Å². The molecule has 2 N–H and O–H groups in total. The predicted molar refractivity (Wildman–Crippen MR) is 76.5 cm³/mol. The highest BCUT2D eigenvalue weighted by atomic mass is 35.5. The van der Waals surface area contributed by atoms with E-state index >= 15 is 0 Å². The monoisotopic (exact) mass is 290 g/mol. The largest absolute Gasteiger partial charge is 0.455 e. The van der Waals surface area contributed by atoms with Crippen molar-refractivity contribution in [3.05, 3.63) is 51.8 Å². The van der Waals surface area contributed by atoms with Gasteiger partial charge in [0.15, 0.2) is 5.75 Å². The highest BCUT2D eigenvalue weighted by molar-refractivity contribution is 6.31. The SMILES string of the molecule is Cc1cc(C#N)cc(C)c1Oc1cc(F)c(Cl)cc1N. The molecule has 0 aromatic heterocycles. The van der Waals surface area contributed by atoms with Gasteiger partial charge in [-0.1, -0.05) is 11.6 Å². The van der Waals surface area contributed by atoms with E-state index in [2.05, 4.69) is 6.07 Å².